The van der Waals surface area contributed by atoms with Gasteiger partial charge in [0.05, 0.1) is 16.3 Å². The van der Waals surface area contributed by atoms with Gasteiger partial charge < -0.3 is 5.32 Å². The van der Waals surface area contributed by atoms with E-state index in [4.69, 9.17) is 11.6 Å². The Kier molecular flexibility index (Phi) is 3.76. The molecule has 1 amide bonds. The molecule has 0 aliphatic rings. The van der Waals surface area contributed by atoms with Crippen LogP contribution in [0.5, 0.6) is 0 Å². The number of aromatic nitrogens is 1. The SMILES string of the molecule is Cc1cccc(Cl)c1NC(=O)c1ccnc(F)c1F. The smallest absolute Gasteiger partial charge is 0.258 e. The van der Waals surface area contributed by atoms with E-state index in [1.165, 1.54) is 0 Å². The number of hydrogen-bond acceptors (Lipinski definition) is 2. The zero-order chi connectivity index (χ0) is 14.0. The number of carbonyl (C=O) groups excluding carboxylic acids is 1. The average Bonchev–Trinajstić information content (AvgIpc) is 2.37. The summed E-state index contributed by atoms with van der Waals surface area (Å²) in [5.74, 6) is -3.39. The molecule has 0 bridgehead atoms. The molecule has 0 fully saturated rings. The fourth-order valence-corrected chi connectivity index (χ4v) is 1.83. The first-order valence-corrected chi connectivity index (χ1v) is 5.75. The second kappa shape index (κ2) is 5.32. The van der Waals surface area contributed by atoms with E-state index in [0.29, 0.717) is 10.7 Å². The molecule has 19 heavy (non-hydrogen) atoms. The first kappa shape index (κ1) is 13.4. The first-order chi connectivity index (χ1) is 9.00. The van der Waals surface area contributed by atoms with Crippen molar-refractivity contribution in [2.24, 2.45) is 0 Å². The number of nitrogens with zero attached hydrogens (tertiary/aromatic N) is 1. The zero-order valence-electron chi connectivity index (χ0n) is 9.88. The number of carbonyl (C=O) groups is 1. The molecule has 0 saturated carbocycles. The molecule has 6 heteroatoms. The topological polar surface area (TPSA) is 42.0 Å². The van der Waals surface area contributed by atoms with E-state index in [1.54, 1.807) is 25.1 Å². The van der Waals surface area contributed by atoms with E-state index in [-0.39, 0.29) is 0 Å². The number of amides is 1. The van der Waals surface area contributed by atoms with Gasteiger partial charge in [-0.1, -0.05) is 23.7 Å². The number of rotatable bonds is 2. The van der Waals surface area contributed by atoms with E-state index < -0.39 is 23.2 Å². The van der Waals surface area contributed by atoms with E-state index in [0.717, 1.165) is 17.8 Å². The van der Waals surface area contributed by atoms with Gasteiger partial charge in [-0.15, -0.1) is 0 Å². The summed E-state index contributed by atoms with van der Waals surface area (Å²) in [6, 6.07) is 6.15. The van der Waals surface area contributed by atoms with Gasteiger partial charge in [0.1, 0.15) is 0 Å². The molecule has 0 aliphatic carbocycles. The molecule has 0 saturated heterocycles. The summed E-state index contributed by atoms with van der Waals surface area (Å²) in [4.78, 5) is 15.0. The van der Waals surface area contributed by atoms with E-state index >= 15 is 0 Å². The molecule has 1 N–H and O–H groups in total. The van der Waals surface area contributed by atoms with Crippen LogP contribution in [-0.2, 0) is 0 Å². The number of hydrogen-bond donors (Lipinski definition) is 1. The molecule has 2 rings (SSSR count). The fraction of sp³-hybridized carbons (Fsp3) is 0.0769. The normalized spacial score (nSPS) is 10.3. The Bertz CT molecular complexity index is 626. The lowest BCUT2D eigenvalue weighted by atomic mass is 10.2. The number of pyridine rings is 1. The van der Waals surface area contributed by atoms with Crippen molar-refractivity contribution >= 4 is 23.2 Å². The highest BCUT2D eigenvalue weighted by atomic mass is 35.5. The van der Waals surface area contributed by atoms with Gasteiger partial charge in [0.25, 0.3) is 5.91 Å². The predicted octanol–water partition coefficient (Wildman–Crippen LogP) is 3.57. The van der Waals surface area contributed by atoms with Crippen LogP contribution in [0, 0.1) is 18.7 Å². The Morgan fingerprint density at radius 3 is 2.74 bits per heavy atom. The quantitative estimate of drug-likeness (QED) is 0.856. The maximum absolute atomic E-state index is 13.4. The summed E-state index contributed by atoms with van der Waals surface area (Å²) < 4.78 is 26.4. The molecule has 0 aliphatic heterocycles. The molecule has 2 aromatic rings. The van der Waals surface area contributed by atoms with Crippen LogP contribution in [0.3, 0.4) is 0 Å². The van der Waals surface area contributed by atoms with Crippen LogP contribution in [0.4, 0.5) is 14.5 Å². The number of halogens is 3. The van der Waals surface area contributed by atoms with E-state index in [9.17, 15) is 13.6 Å². The third-order valence-corrected chi connectivity index (χ3v) is 2.87. The highest BCUT2D eigenvalue weighted by Crippen LogP contribution is 2.26. The van der Waals surface area contributed by atoms with Gasteiger partial charge in [-0.2, -0.15) is 4.39 Å². The second-order valence-electron chi connectivity index (χ2n) is 3.85. The molecule has 3 nitrogen and oxygen atoms in total. The first-order valence-electron chi connectivity index (χ1n) is 5.37. The van der Waals surface area contributed by atoms with E-state index in [2.05, 4.69) is 10.3 Å². The number of para-hydroxylation sites is 1. The molecular weight excluding hydrogens is 274 g/mol. The van der Waals surface area contributed by atoms with Gasteiger partial charge in [0, 0.05) is 6.20 Å². The van der Waals surface area contributed by atoms with Crippen LogP contribution >= 0.6 is 11.6 Å². The summed E-state index contributed by atoms with van der Waals surface area (Å²) >= 11 is 5.94. The van der Waals surface area contributed by atoms with Crippen molar-refractivity contribution in [1.29, 1.82) is 0 Å². The van der Waals surface area contributed by atoms with Crippen LogP contribution in [0.2, 0.25) is 5.02 Å². The highest BCUT2D eigenvalue weighted by Gasteiger charge is 2.17. The van der Waals surface area contributed by atoms with Crippen molar-refractivity contribution in [2.45, 2.75) is 6.92 Å². The predicted molar refractivity (Wildman–Crippen MR) is 68.3 cm³/mol. The Hall–Kier alpha value is -2.01. The van der Waals surface area contributed by atoms with Crippen molar-refractivity contribution in [1.82, 2.24) is 4.98 Å². The van der Waals surface area contributed by atoms with E-state index in [1.807, 2.05) is 0 Å². The van der Waals surface area contributed by atoms with Crippen LogP contribution < -0.4 is 5.32 Å². The largest absolute Gasteiger partial charge is 0.320 e. The molecule has 1 aromatic carbocycles. The Morgan fingerprint density at radius 2 is 2.05 bits per heavy atom. The van der Waals surface area contributed by atoms with Crippen molar-refractivity contribution in [2.75, 3.05) is 5.32 Å². The molecule has 1 heterocycles. The van der Waals surface area contributed by atoms with Crippen molar-refractivity contribution in [3.8, 4) is 0 Å². The lowest BCUT2D eigenvalue weighted by molar-refractivity contribution is 0.102. The fourth-order valence-electron chi connectivity index (χ4n) is 1.56. The Labute approximate surface area is 113 Å². The zero-order valence-corrected chi connectivity index (χ0v) is 10.6. The third kappa shape index (κ3) is 2.71. The number of nitrogens with one attached hydrogen (secondary N) is 1. The number of aryl methyl sites for hydroxylation is 1. The summed E-state index contributed by atoms with van der Waals surface area (Å²) in [5.41, 5.74) is 0.661. The van der Waals surface area contributed by atoms with Crippen LogP contribution in [0.1, 0.15) is 15.9 Å². The molecule has 0 radical (unpaired) electrons. The van der Waals surface area contributed by atoms with Gasteiger partial charge >= 0.3 is 0 Å². The number of anilines is 1. The lowest BCUT2D eigenvalue weighted by Crippen LogP contribution is -2.16. The van der Waals surface area contributed by atoms with Crippen molar-refractivity contribution in [3.05, 3.63) is 58.4 Å². The van der Waals surface area contributed by atoms with Crippen molar-refractivity contribution in [3.63, 3.8) is 0 Å². The maximum Gasteiger partial charge on any atom is 0.258 e. The second-order valence-corrected chi connectivity index (χ2v) is 4.26. The molecule has 0 atom stereocenters. The summed E-state index contributed by atoms with van der Waals surface area (Å²) in [6.07, 6.45) is 1.02. The minimum atomic E-state index is -1.32. The highest BCUT2D eigenvalue weighted by molar-refractivity contribution is 6.34. The van der Waals surface area contributed by atoms with Gasteiger partial charge in [-0.05, 0) is 24.6 Å². The van der Waals surface area contributed by atoms with Crippen LogP contribution in [-0.4, -0.2) is 10.9 Å². The van der Waals surface area contributed by atoms with Gasteiger partial charge in [0.15, 0.2) is 5.82 Å². The monoisotopic (exact) mass is 282 g/mol. The van der Waals surface area contributed by atoms with Crippen LogP contribution in [0.25, 0.3) is 0 Å². The molecular formula is C13H9ClF2N2O. The minimum absolute atomic E-state index is 0.322. The lowest BCUT2D eigenvalue weighted by Gasteiger charge is -2.10. The van der Waals surface area contributed by atoms with Crippen molar-refractivity contribution < 1.29 is 13.6 Å². The third-order valence-electron chi connectivity index (χ3n) is 2.55. The number of benzene rings is 1. The average molecular weight is 283 g/mol. The molecule has 1 aromatic heterocycles. The molecule has 0 spiro atoms. The summed E-state index contributed by atoms with van der Waals surface area (Å²) in [6.45, 7) is 1.74. The van der Waals surface area contributed by atoms with Gasteiger partial charge in [-0.25, -0.2) is 9.37 Å². The Morgan fingerprint density at radius 1 is 1.32 bits per heavy atom. The van der Waals surface area contributed by atoms with Gasteiger partial charge in [0.2, 0.25) is 5.95 Å². The molecule has 98 valence electrons. The summed E-state index contributed by atoms with van der Waals surface area (Å²) in [5, 5.41) is 2.78. The maximum atomic E-state index is 13.4. The minimum Gasteiger partial charge on any atom is -0.320 e. The summed E-state index contributed by atoms with van der Waals surface area (Å²) in [7, 11) is 0. The van der Waals surface area contributed by atoms with Crippen LogP contribution in [0.15, 0.2) is 30.5 Å². The van der Waals surface area contributed by atoms with Gasteiger partial charge in [-0.3, -0.25) is 4.79 Å². The Balaban J connectivity index is 2.34. The standard InChI is InChI=1S/C13H9ClF2N2O/c1-7-3-2-4-9(14)11(7)18-13(19)8-5-6-17-12(16)10(8)15/h2-6H,1H3,(H,18,19). The molecule has 0 unspecified atom stereocenters.